The Balaban J connectivity index is -0.0000000150. The van der Waals surface area contributed by atoms with Gasteiger partial charge in [-0.25, -0.2) is 4.79 Å². The summed E-state index contributed by atoms with van der Waals surface area (Å²) < 4.78 is 0. The van der Waals surface area contributed by atoms with Crippen LogP contribution < -0.4 is 0 Å². The summed E-state index contributed by atoms with van der Waals surface area (Å²) in [6.45, 7) is 0. The number of carboxylic acid groups (broad SMARTS) is 2. The minimum absolute atomic E-state index is 0. The molecule has 0 aromatic rings. The molecule has 0 aliphatic heterocycles. The van der Waals surface area contributed by atoms with Gasteiger partial charge in [0.2, 0.25) is 0 Å². The smallest absolute Gasteiger partial charge is 0.450 e. The summed E-state index contributed by atoms with van der Waals surface area (Å²) in [5, 5.41) is 13.9. The zero-order valence-corrected chi connectivity index (χ0v) is 9.33. The van der Waals surface area contributed by atoms with Crippen LogP contribution >= 0.6 is 0 Å². The van der Waals surface area contributed by atoms with Crippen LogP contribution in [0.5, 0.6) is 0 Å². The normalized spacial score (nSPS) is 3.43. The van der Waals surface area contributed by atoms with Gasteiger partial charge in [-0.05, 0) is 0 Å². The summed E-state index contributed by atoms with van der Waals surface area (Å²) >= 11 is 0. The van der Waals surface area contributed by atoms with E-state index in [4.69, 9.17) is 15.0 Å². The summed E-state index contributed by atoms with van der Waals surface area (Å²) in [4.78, 5) is 8.56. The first-order valence-corrected chi connectivity index (χ1v) is 0.651. The van der Waals surface area contributed by atoms with Crippen molar-refractivity contribution in [3.05, 3.63) is 0 Å². The molecule has 0 fully saturated rings. The number of rotatable bonds is 0. The summed E-state index contributed by atoms with van der Waals surface area (Å²) in [5.74, 6) is 0. The van der Waals surface area contributed by atoms with Gasteiger partial charge in [-0.3, -0.25) is 0 Å². The van der Waals surface area contributed by atoms with Crippen LogP contribution in [0.3, 0.4) is 0 Å². The largest absolute Gasteiger partial charge is 3.00 e. The van der Waals surface area contributed by atoms with E-state index in [-0.39, 0.29) is 59.9 Å². The molecule has 0 aliphatic carbocycles. The van der Waals surface area contributed by atoms with Crippen LogP contribution in [0.1, 0.15) is 0 Å². The summed E-state index contributed by atoms with van der Waals surface area (Å²) in [6, 6.07) is 0. The maximum atomic E-state index is 8.56. The Morgan fingerprint density at radius 2 is 1.29 bits per heavy atom. The van der Waals surface area contributed by atoms with Gasteiger partial charge in [0.05, 0.1) is 0 Å². The standard InChI is InChI=1S/CH2O3.Al.Mg.Zn/c2-1(3)4;;;/h(H2,2,3,4);;;/q;+3;2*+2. The van der Waals surface area contributed by atoms with Gasteiger partial charge >= 0.3 is 66.0 Å². The van der Waals surface area contributed by atoms with Crippen LogP contribution in [-0.2, 0) is 19.5 Å². The van der Waals surface area contributed by atoms with E-state index >= 15 is 0 Å². The minimum atomic E-state index is -1.83. The first-order chi connectivity index (χ1) is 1.73. The van der Waals surface area contributed by atoms with Crippen LogP contribution in [0.2, 0.25) is 0 Å². The minimum Gasteiger partial charge on any atom is -0.450 e. The molecule has 0 heterocycles. The Morgan fingerprint density at radius 3 is 1.29 bits per heavy atom. The molecule has 0 rings (SSSR count). The summed E-state index contributed by atoms with van der Waals surface area (Å²) in [5.41, 5.74) is 0. The van der Waals surface area contributed by atoms with Crippen molar-refractivity contribution in [1.29, 1.82) is 0 Å². The molecule has 0 unspecified atom stereocenters. The quantitative estimate of drug-likeness (QED) is 0.490. The third-order valence-electron chi connectivity index (χ3n) is 0. The molecular weight excluding hydrogens is 177 g/mol. The Kier molecular flexibility index (Phi) is 54.1. The number of hydrogen-bond acceptors (Lipinski definition) is 1. The second-order valence-electron chi connectivity index (χ2n) is 0.283. The van der Waals surface area contributed by atoms with E-state index in [2.05, 4.69) is 0 Å². The van der Waals surface area contributed by atoms with E-state index < -0.39 is 6.16 Å². The van der Waals surface area contributed by atoms with Crippen LogP contribution in [0, 0.1) is 0 Å². The SMILES string of the molecule is O=C(O)O.[Al+3].[Mg+2].[Zn+2]. The first-order valence-electron chi connectivity index (χ1n) is 0.651. The van der Waals surface area contributed by atoms with Crippen molar-refractivity contribution in [1.82, 2.24) is 0 Å². The molecule has 0 spiro atoms. The van der Waals surface area contributed by atoms with Gasteiger partial charge in [-0.2, -0.15) is 0 Å². The fraction of sp³-hybridized carbons (Fsp3) is 0. The third-order valence-corrected chi connectivity index (χ3v) is 0. The molecule has 0 aliphatic rings. The van der Waals surface area contributed by atoms with Crippen molar-refractivity contribution in [2.75, 3.05) is 0 Å². The van der Waals surface area contributed by atoms with E-state index in [1.165, 1.54) is 0 Å². The Morgan fingerprint density at radius 1 is 1.29 bits per heavy atom. The Labute approximate surface area is 80.5 Å². The zero-order chi connectivity index (χ0) is 3.58. The number of carbonyl (C=O) groups is 1. The van der Waals surface area contributed by atoms with Crippen molar-refractivity contribution < 1.29 is 34.5 Å². The third kappa shape index (κ3) is 136. The maximum Gasteiger partial charge on any atom is 3.00 e. The zero-order valence-electron chi connectivity index (χ0n) is 3.79. The van der Waals surface area contributed by atoms with E-state index in [0.717, 1.165) is 0 Å². The fourth-order valence-corrected chi connectivity index (χ4v) is 0. The van der Waals surface area contributed by atoms with Gasteiger partial charge in [0.15, 0.2) is 0 Å². The summed E-state index contributed by atoms with van der Waals surface area (Å²) in [6.07, 6.45) is -1.83. The average molecular weight is 179 g/mol. The van der Waals surface area contributed by atoms with Gasteiger partial charge in [0.25, 0.3) is 0 Å². The van der Waals surface area contributed by atoms with Gasteiger partial charge in [0, 0.05) is 0 Å². The predicted octanol–water partition coefficient (Wildman–Crippen LogP) is -0.542. The Bertz CT molecular complexity index is 37.9. The summed E-state index contributed by atoms with van der Waals surface area (Å²) in [7, 11) is 0. The van der Waals surface area contributed by atoms with Crippen molar-refractivity contribution in [3.8, 4) is 0 Å². The van der Waals surface area contributed by atoms with Crippen LogP contribution in [0.25, 0.3) is 0 Å². The van der Waals surface area contributed by atoms with Gasteiger partial charge in [-0.15, -0.1) is 0 Å². The molecule has 0 bridgehead atoms. The van der Waals surface area contributed by atoms with Gasteiger partial charge in [-0.1, -0.05) is 0 Å². The molecule has 0 aromatic heterocycles. The van der Waals surface area contributed by atoms with E-state index in [9.17, 15) is 0 Å². The van der Waals surface area contributed by atoms with Crippen molar-refractivity contribution in [2.45, 2.75) is 0 Å². The topological polar surface area (TPSA) is 57.5 Å². The van der Waals surface area contributed by atoms with Crippen molar-refractivity contribution >= 4 is 46.6 Å². The number of hydrogen-bond donors (Lipinski definition) is 2. The fourth-order valence-electron chi connectivity index (χ4n) is 0. The van der Waals surface area contributed by atoms with Crippen LogP contribution in [0.4, 0.5) is 4.79 Å². The molecule has 0 atom stereocenters. The molecule has 7 heavy (non-hydrogen) atoms. The molecule has 0 aromatic carbocycles. The molecule has 0 saturated heterocycles. The van der Waals surface area contributed by atoms with E-state index in [1.54, 1.807) is 0 Å². The van der Waals surface area contributed by atoms with Gasteiger partial charge < -0.3 is 10.2 Å². The molecule has 0 saturated carbocycles. The molecular formula is CH2AlMgO3Zn+7. The Hall–Kier alpha value is 1.19. The molecule has 6 heteroatoms. The average Bonchev–Trinajstić information content (AvgIpc) is 0.811. The predicted molar refractivity (Wildman–Crippen MR) is 22.2 cm³/mol. The van der Waals surface area contributed by atoms with E-state index in [1.807, 2.05) is 0 Å². The van der Waals surface area contributed by atoms with Crippen molar-refractivity contribution in [2.24, 2.45) is 0 Å². The van der Waals surface area contributed by atoms with Gasteiger partial charge in [0.1, 0.15) is 0 Å². The van der Waals surface area contributed by atoms with Crippen molar-refractivity contribution in [3.63, 3.8) is 0 Å². The molecule has 24 valence electrons. The molecule has 2 N–H and O–H groups in total. The second kappa shape index (κ2) is 15.7. The van der Waals surface area contributed by atoms with Crippen LogP contribution in [-0.4, -0.2) is 56.8 Å². The second-order valence-corrected chi connectivity index (χ2v) is 0.283. The monoisotopic (exact) mass is 177 g/mol. The first kappa shape index (κ1) is 24.1. The van der Waals surface area contributed by atoms with Crippen LogP contribution in [0.15, 0.2) is 0 Å². The maximum absolute atomic E-state index is 8.56. The molecule has 0 amide bonds. The van der Waals surface area contributed by atoms with E-state index in [0.29, 0.717) is 0 Å². The molecule has 3 nitrogen and oxygen atoms in total. The molecule has 0 radical (unpaired) electrons.